The molecule has 0 aliphatic rings. The van der Waals surface area contributed by atoms with Crippen LogP contribution in [0.4, 0.5) is 11.4 Å². The molecule has 94 valence electrons. The molecule has 0 spiro atoms. The van der Waals surface area contributed by atoms with Crippen LogP contribution in [0.3, 0.4) is 0 Å². The Morgan fingerprint density at radius 2 is 1.50 bits per heavy atom. The summed E-state index contributed by atoms with van der Waals surface area (Å²) < 4.78 is 0. The van der Waals surface area contributed by atoms with Gasteiger partial charge in [0.05, 0.1) is 0 Å². The fraction of sp³-hybridized carbons (Fsp3) is 0.250. The second-order valence-corrected chi connectivity index (χ2v) is 4.72. The predicted molar refractivity (Wildman–Crippen MR) is 78.3 cm³/mol. The van der Waals surface area contributed by atoms with Crippen molar-refractivity contribution >= 4 is 11.4 Å². The van der Waals surface area contributed by atoms with E-state index in [1.165, 1.54) is 11.3 Å². The standard InChI is InChI=1S/C16H20N2/c1-13(18(2)3)15-11-7-8-12-16(15)17-14-9-5-4-6-10-14/h4-13,17H,1-3H3/t13-/m1/s1. The molecule has 0 unspecified atom stereocenters. The van der Waals surface area contributed by atoms with Crippen LogP contribution in [0.2, 0.25) is 0 Å². The van der Waals surface area contributed by atoms with Gasteiger partial charge in [-0.25, -0.2) is 0 Å². The molecule has 0 saturated heterocycles. The van der Waals surface area contributed by atoms with Crippen LogP contribution in [0.5, 0.6) is 0 Å². The van der Waals surface area contributed by atoms with Gasteiger partial charge >= 0.3 is 0 Å². The Balaban J connectivity index is 2.28. The maximum atomic E-state index is 3.48. The van der Waals surface area contributed by atoms with E-state index < -0.39 is 0 Å². The Morgan fingerprint density at radius 1 is 0.889 bits per heavy atom. The van der Waals surface area contributed by atoms with E-state index in [-0.39, 0.29) is 0 Å². The zero-order valence-corrected chi connectivity index (χ0v) is 11.2. The highest BCUT2D eigenvalue weighted by Crippen LogP contribution is 2.28. The lowest BCUT2D eigenvalue weighted by Gasteiger charge is -2.23. The van der Waals surface area contributed by atoms with E-state index in [1.54, 1.807) is 0 Å². The summed E-state index contributed by atoms with van der Waals surface area (Å²) in [7, 11) is 4.20. The van der Waals surface area contributed by atoms with Crippen molar-refractivity contribution in [3.05, 3.63) is 60.2 Å². The van der Waals surface area contributed by atoms with Crippen LogP contribution in [-0.4, -0.2) is 19.0 Å². The van der Waals surface area contributed by atoms with Gasteiger partial charge in [-0.15, -0.1) is 0 Å². The van der Waals surface area contributed by atoms with Gasteiger partial charge in [0.2, 0.25) is 0 Å². The number of nitrogens with zero attached hydrogens (tertiary/aromatic N) is 1. The second kappa shape index (κ2) is 5.69. The molecule has 0 aliphatic carbocycles. The van der Waals surface area contributed by atoms with Gasteiger partial charge in [0.15, 0.2) is 0 Å². The van der Waals surface area contributed by atoms with E-state index in [9.17, 15) is 0 Å². The van der Waals surface area contributed by atoms with E-state index in [4.69, 9.17) is 0 Å². The molecule has 0 aliphatic heterocycles. The summed E-state index contributed by atoms with van der Waals surface area (Å²) in [5.74, 6) is 0. The molecule has 0 fully saturated rings. The van der Waals surface area contributed by atoms with Crippen molar-refractivity contribution in [3.8, 4) is 0 Å². The Kier molecular flexibility index (Phi) is 4.00. The molecule has 0 bridgehead atoms. The first-order valence-corrected chi connectivity index (χ1v) is 6.26. The lowest BCUT2D eigenvalue weighted by atomic mass is 10.1. The highest BCUT2D eigenvalue weighted by molar-refractivity contribution is 5.63. The highest BCUT2D eigenvalue weighted by atomic mass is 15.1. The molecular weight excluding hydrogens is 220 g/mol. The topological polar surface area (TPSA) is 15.3 Å². The van der Waals surface area contributed by atoms with Crippen molar-refractivity contribution in [1.29, 1.82) is 0 Å². The molecule has 0 amide bonds. The first-order chi connectivity index (χ1) is 8.68. The third-order valence-electron chi connectivity index (χ3n) is 3.24. The van der Waals surface area contributed by atoms with Gasteiger partial charge in [-0.2, -0.15) is 0 Å². The van der Waals surface area contributed by atoms with Gasteiger partial charge in [-0.1, -0.05) is 36.4 Å². The molecule has 2 aromatic carbocycles. The maximum Gasteiger partial charge on any atom is 0.0432 e. The van der Waals surface area contributed by atoms with Gasteiger partial charge in [-0.3, -0.25) is 0 Å². The first-order valence-electron chi connectivity index (χ1n) is 6.26. The Hall–Kier alpha value is -1.80. The molecule has 18 heavy (non-hydrogen) atoms. The molecule has 0 saturated carbocycles. The summed E-state index contributed by atoms with van der Waals surface area (Å²) in [4.78, 5) is 2.21. The quantitative estimate of drug-likeness (QED) is 0.867. The molecule has 1 atom stereocenters. The van der Waals surface area contributed by atoms with Crippen LogP contribution < -0.4 is 5.32 Å². The minimum atomic E-state index is 0.386. The van der Waals surface area contributed by atoms with Crippen LogP contribution in [0.1, 0.15) is 18.5 Å². The summed E-state index contributed by atoms with van der Waals surface area (Å²) in [5.41, 5.74) is 3.60. The Morgan fingerprint density at radius 3 is 2.17 bits per heavy atom. The largest absolute Gasteiger partial charge is 0.355 e. The minimum Gasteiger partial charge on any atom is -0.355 e. The summed E-state index contributed by atoms with van der Waals surface area (Å²) in [5, 5.41) is 3.48. The fourth-order valence-corrected chi connectivity index (χ4v) is 1.93. The number of hydrogen-bond acceptors (Lipinski definition) is 2. The SMILES string of the molecule is C[C@H](c1ccccc1Nc1ccccc1)N(C)C. The highest BCUT2D eigenvalue weighted by Gasteiger charge is 2.11. The van der Waals surface area contributed by atoms with Crippen LogP contribution >= 0.6 is 0 Å². The van der Waals surface area contributed by atoms with Crippen molar-refractivity contribution < 1.29 is 0 Å². The van der Waals surface area contributed by atoms with Crippen LogP contribution in [0.15, 0.2) is 54.6 Å². The molecule has 0 heterocycles. The molecular formula is C16H20N2. The van der Waals surface area contributed by atoms with Crippen molar-refractivity contribution in [2.24, 2.45) is 0 Å². The van der Waals surface area contributed by atoms with Gasteiger partial charge in [0.25, 0.3) is 0 Å². The Bertz CT molecular complexity index is 491. The normalized spacial score (nSPS) is 12.4. The van der Waals surface area contributed by atoms with Crippen molar-refractivity contribution in [3.63, 3.8) is 0 Å². The van der Waals surface area contributed by atoms with Crippen molar-refractivity contribution in [2.75, 3.05) is 19.4 Å². The molecule has 2 rings (SSSR count). The van der Waals surface area contributed by atoms with Crippen LogP contribution in [-0.2, 0) is 0 Å². The molecule has 1 N–H and O–H groups in total. The second-order valence-electron chi connectivity index (χ2n) is 4.72. The summed E-state index contributed by atoms with van der Waals surface area (Å²) in [6, 6.07) is 19.1. The van der Waals surface area contributed by atoms with Gasteiger partial charge < -0.3 is 10.2 Å². The first kappa shape index (κ1) is 12.7. The minimum absolute atomic E-state index is 0.386. The van der Waals surface area contributed by atoms with E-state index in [0.717, 1.165) is 5.69 Å². The van der Waals surface area contributed by atoms with Gasteiger partial charge in [-0.05, 0) is 44.8 Å². The zero-order chi connectivity index (χ0) is 13.0. The van der Waals surface area contributed by atoms with E-state index in [2.05, 4.69) is 67.6 Å². The lowest BCUT2D eigenvalue weighted by Crippen LogP contribution is -2.17. The predicted octanol–water partition coefficient (Wildman–Crippen LogP) is 4.05. The Labute approximate surface area is 109 Å². The number of anilines is 2. The third kappa shape index (κ3) is 2.90. The van der Waals surface area contributed by atoms with Crippen LogP contribution in [0, 0.1) is 0 Å². The average Bonchev–Trinajstić information content (AvgIpc) is 2.39. The average molecular weight is 240 g/mol. The molecule has 2 aromatic rings. The number of nitrogens with one attached hydrogen (secondary N) is 1. The molecule has 2 heteroatoms. The van der Waals surface area contributed by atoms with Gasteiger partial charge in [0, 0.05) is 17.4 Å². The van der Waals surface area contributed by atoms with Crippen molar-refractivity contribution in [1.82, 2.24) is 4.90 Å². The van der Waals surface area contributed by atoms with Crippen LogP contribution in [0.25, 0.3) is 0 Å². The van der Waals surface area contributed by atoms with E-state index in [0.29, 0.717) is 6.04 Å². The molecule has 0 aromatic heterocycles. The molecule has 0 radical (unpaired) electrons. The monoisotopic (exact) mass is 240 g/mol. The van der Waals surface area contributed by atoms with E-state index in [1.807, 2.05) is 18.2 Å². The summed E-state index contributed by atoms with van der Waals surface area (Å²) >= 11 is 0. The number of rotatable bonds is 4. The maximum absolute atomic E-state index is 3.48. The van der Waals surface area contributed by atoms with E-state index >= 15 is 0 Å². The summed E-state index contributed by atoms with van der Waals surface area (Å²) in [6.07, 6.45) is 0. The lowest BCUT2D eigenvalue weighted by molar-refractivity contribution is 0.322. The smallest absolute Gasteiger partial charge is 0.0432 e. The third-order valence-corrected chi connectivity index (χ3v) is 3.24. The number of hydrogen-bond donors (Lipinski definition) is 1. The van der Waals surface area contributed by atoms with Crippen molar-refractivity contribution in [2.45, 2.75) is 13.0 Å². The molecule has 2 nitrogen and oxygen atoms in total. The fourth-order valence-electron chi connectivity index (χ4n) is 1.93. The number of para-hydroxylation sites is 2. The number of benzene rings is 2. The zero-order valence-electron chi connectivity index (χ0n) is 11.2. The summed E-state index contributed by atoms with van der Waals surface area (Å²) in [6.45, 7) is 2.21. The van der Waals surface area contributed by atoms with Gasteiger partial charge in [0.1, 0.15) is 0 Å².